The van der Waals surface area contributed by atoms with Gasteiger partial charge >= 0.3 is 5.97 Å². The number of amides is 1. The van der Waals surface area contributed by atoms with Gasteiger partial charge in [-0.05, 0) is 66.4 Å². The Labute approximate surface area is 196 Å². The number of rotatable bonds is 6. The molecule has 0 atom stereocenters. The predicted octanol–water partition coefficient (Wildman–Crippen LogP) is 5.58. The molecule has 1 amide bonds. The van der Waals surface area contributed by atoms with Gasteiger partial charge in [0.25, 0.3) is 5.91 Å². The van der Waals surface area contributed by atoms with Crippen LogP contribution < -0.4 is 4.74 Å². The zero-order valence-electron chi connectivity index (χ0n) is 18.0. The number of fused-ring (bicyclic) bond motifs is 1. The Hall–Kier alpha value is -3.38. The largest absolute Gasteiger partial charge is 0.489 e. The number of aromatic nitrogens is 1. The lowest BCUT2D eigenvalue weighted by atomic mass is 10.1. The lowest BCUT2D eigenvalue weighted by Crippen LogP contribution is -2.33. The van der Waals surface area contributed by atoms with Crippen molar-refractivity contribution in [1.82, 2.24) is 9.88 Å². The number of pyridine rings is 1. The van der Waals surface area contributed by atoms with Crippen molar-refractivity contribution in [3.05, 3.63) is 82.0 Å². The van der Waals surface area contributed by atoms with Gasteiger partial charge < -0.3 is 14.7 Å². The molecule has 5 rings (SSSR count). The standard InChI is InChI=1S/C26H23ClN2O4/c27-23-8-5-17(13-22(23)26(31)32)24-11-16(9-10-28-24)15-33-20-6-7-21-18(12-20)14-29(25(21)30)19-3-1-2-4-19/h5-13,19H,1-4,14-15H2,(H,31,32). The van der Waals surface area contributed by atoms with Crippen LogP contribution in [0.2, 0.25) is 5.02 Å². The number of benzene rings is 2. The van der Waals surface area contributed by atoms with Gasteiger partial charge in [0.1, 0.15) is 12.4 Å². The first-order valence-electron chi connectivity index (χ1n) is 11.0. The van der Waals surface area contributed by atoms with Crippen LogP contribution in [0.15, 0.2) is 54.7 Å². The first kappa shape index (κ1) is 21.5. The monoisotopic (exact) mass is 462 g/mol. The van der Waals surface area contributed by atoms with E-state index in [2.05, 4.69) is 4.98 Å². The molecule has 1 aliphatic carbocycles. The van der Waals surface area contributed by atoms with Gasteiger partial charge in [0.15, 0.2) is 0 Å². The highest BCUT2D eigenvalue weighted by Gasteiger charge is 2.34. The maximum absolute atomic E-state index is 12.8. The fourth-order valence-corrected chi connectivity index (χ4v) is 4.86. The molecule has 168 valence electrons. The summed E-state index contributed by atoms with van der Waals surface area (Å²) in [5.74, 6) is -0.235. The number of aromatic carboxylic acids is 1. The molecule has 2 aromatic carbocycles. The Balaban J connectivity index is 1.30. The lowest BCUT2D eigenvalue weighted by Gasteiger charge is -2.23. The Bertz CT molecular complexity index is 1240. The average Bonchev–Trinajstić information content (AvgIpc) is 3.46. The maximum Gasteiger partial charge on any atom is 0.337 e. The molecule has 1 fully saturated rings. The van der Waals surface area contributed by atoms with E-state index < -0.39 is 5.97 Å². The number of halogens is 1. The first-order chi connectivity index (χ1) is 16.0. The molecule has 0 unspecified atom stereocenters. The van der Waals surface area contributed by atoms with E-state index in [4.69, 9.17) is 16.3 Å². The molecule has 33 heavy (non-hydrogen) atoms. The van der Waals surface area contributed by atoms with Gasteiger partial charge in [-0.3, -0.25) is 9.78 Å². The van der Waals surface area contributed by atoms with E-state index in [0.717, 1.165) is 29.5 Å². The van der Waals surface area contributed by atoms with Crippen LogP contribution in [-0.2, 0) is 13.2 Å². The van der Waals surface area contributed by atoms with Crippen LogP contribution in [0.4, 0.5) is 0 Å². The van der Waals surface area contributed by atoms with Crippen molar-refractivity contribution in [3.63, 3.8) is 0 Å². The molecule has 0 spiro atoms. The normalized spacial score (nSPS) is 15.7. The molecule has 6 nitrogen and oxygen atoms in total. The Morgan fingerprint density at radius 3 is 2.73 bits per heavy atom. The van der Waals surface area contributed by atoms with E-state index in [1.165, 1.54) is 18.9 Å². The van der Waals surface area contributed by atoms with Crippen molar-refractivity contribution < 1.29 is 19.4 Å². The van der Waals surface area contributed by atoms with E-state index in [1.807, 2.05) is 35.2 Å². The number of ether oxygens (including phenoxy) is 1. The molecular weight excluding hydrogens is 440 g/mol. The minimum absolute atomic E-state index is 0.0388. The summed E-state index contributed by atoms with van der Waals surface area (Å²) in [7, 11) is 0. The molecule has 1 aliphatic heterocycles. The summed E-state index contributed by atoms with van der Waals surface area (Å²) >= 11 is 5.98. The molecule has 0 bridgehead atoms. The third kappa shape index (κ3) is 4.31. The Morgan fingerprint density at radius 1 is 1.12 bits per heavy atom. The van der Waals surface area contributed by atoms with E-state index in [0.29, 0.717) is 36.2 Å². The zero-order valence-corrected chi connectivity index (χ0v) is 18.7. The van der Waals surface area contributed by atoms with Gasteiger partial charge in [0.2, 0.25) is 0 Å². The number of hydrogen-bond donors (Lipinski definition) is 1. The van der Waals surface area contributed by atoms with Crippen LogP contribution in [0.25, 0.3) is 11.3 Å². The van der Waals surface area contributed by atoms with Crippen LogP contribution in [0, 0.1) is 0 Å². The van der Waals surface area contributed by atoms with Gasteiger partial charge in [0, 0.05) is 29.9 Å². The number of nitrogens with zero attached hydrogens (tertiary/aromatic N) is 2. The quantitative estimate of drug-likeness (QED) is 0.517. The zero-order chi connectivity index (χ0) is 22.9. The molecule has 3 aromatic rings. The number of carboxylic acids is 1. The van der Waals surface area contributed by atoms with Crippen LogP contribution in [0.5, 0.6) is 5.75 Å². The minimum Gasteiger partial charge on any atom is -0.489 e. The lowest BCUT2D eigenvalue weighted by molar-refractivity contribution is 0.0691. The average molecular weight is 463 g/mol. The first-order valence-corrected chi connectivity index (χ1v) is 11.4. The summed E-state index contributed by atoms with van der Waals surface area (Å²) in [5.41, 5.74) is 4.04. The third-order valence-corrected chi connectivity index (χ3v) is 6.73. The minimum atomic E-state index is -1.08. The summed E-state index contributed by atoms with van der Waals surface area (Å²) < 4.78 is 6.01. The SMILES string of the molecule is O=C(O)c1cc(-c2cc(COc3ccc4c(c3)CN(C3CCCC3)C4=O)ccn2)ccc1Cl. The number of carboxylic acid groups (broad SMARTS) is 1. The molecule has 7 heteroatoms. The van der Waals surface area contributed by atoms with E-state index in [1.54, 1.807) is 18.3 Å². The molecule has 0 saturated heterocycles. The van der Waals surface area contributed by atoms with Crippen molar-refractivity contribution in [3.8, 4) is 17.0 Å². The summed E-state index contributed by atoms with van der Waals surface area (Å²) in [6.45, 7) is 0.978. The Morgan fingerprint density at radius 2 is 1.94 bits per heavy atom. The third-order valence-electron chi connectivity index (χ3n) is 6.40. The maximum atomic E-state index is 12.8. The fraction of sp³-hybridized carbons (Fsp3) is 0.269. The summed E-state index contributed by atoms with van der Waals surface area (Å²) in [6.07, 6.45) is 6.25. The second-order valence-corrected chi connectivity index (χ2v) is 8.94. The van der Waals surface area contributed by atoms with Crippen molar-refractivity contribution in [2.75, 3.05) is 0 Å². The van der Waals surface area contributed by atoms with Crippen molar-refractivity contribution in [2.24, 2.45) is 0 Å². The van der Waals surface area contributed by atoms with Gasteiger partial charge in [-0.2, -0.15) is 0 Å². The second-order valence-electron chi connectivity index (χ2n) is 8.53. The van der Waals surface area contributed by atoms with Crippen LogP contribution in [0.3, 0.4) is 0 Å². The van der Waals surface area contributed by atoms with Crippen LogP contribution >= 0.6 is 11.6 Å². The number of hydrogen-bond acceptors (Lipinski definition) is 4. The predicted molar refractivity (Wildman–Crippen MR) is 125 cm³/mol. The molecule has 2 aliphatic rings. The van der Waals surface area contributed by atoms with Gasteiger partial charge in [0.05, 0.1) is 16.3 Å². The van der Waals surface area contributed by atoms with E-state index in [9.17, 15) is 14.7 Å². The summed E-state index contributed by atoms with van der Waals surface area (Å²) in [6, 6.07) is 14.6. The van der Waals surface area contributed by atoms with Gasteiger partial charge in [-0.25, -0.2) is 4.79 Å². The van der Waals surface area contributed by atoms with E-state index >= 15 is 0 Å². The van der Waals surface area contributed by atoms with Crippen LogP contribution in [-0.4, -0.2) is 32.9 Å². The fourth-order valence-electron chi connectivity index (χ4n) is 4.66. The molecule has 1 saturated carbocycles. The van der Waals surface area contributed by atoms with Crippen molar-refractivity contribution >= 4 is 23.5 Å². The van der Waals surface area contributed by atoms with Gasteiger partial charge in [-0.1, -0.05) is 30.5 Å². The number of carbonyl (C=O) groups is 2. The molecular formula is C26H23ClN2O4. The summed E-state index contributed by atoms with van der Waals surface area (Å²) in [4.78, 5) is 30.5. The number of carbonyl (C=O) groups excluding carboxylic acids is 1. The molecule has 2 heterocycles. The Kier molecular flexibility index (Phi) is 5.77. The van der Waals surface area contributed by atoms with Crippen molar-refractivity contribution in [1.29, 1.82) is 0 Å². The smallest absolute Gasteiger partial charge is 0.337 e. The van der Waals surface area contributed by atoms with Crippen molar-refractivity contribution in [2.45, 2.75) is 44.9 Å². The highest BCUT2D eigenvalue weighted by Crippen LogP contribution is 2.33. The molecule has 0 radical (unpaired) electrons. The van der Waals surface area contributed by atoms with E-state index in [-0.39, 0.29) is 16.5 Å². The van der Waals surface area contributed by atoms with Crippen LogP contribution in [0.1, 0.15) is 57.5 Å². The topological polar surface area (TPSA) is 79.7 Å². The highest BCUT2D eigenvalue weighted by atomic mass is 35.5. The highest BCUT2D eigenvalue weighted by molar-refractivity contribution is 6.33. The molecule has 1 N–H and O–H groups in total. The molecule has 1 aromatic heterocycles. The summed E-state index contributed by atoms with van der Waals surface area (Å²) in [5, 5.41) is 9.50. The second kappa shape index (κ2) is 8.87. The van der Waals surface area contributed by atoms with Gasteiger partial charge in [-0.15, -0.1) is 0 Å².